The van der Waals surface area contributed by atoms with Crippen LogP contribution in [0.5, 0.6) is 5.75 Å². The van der Waals surface area contributed by atoms with Crippen molar-refractivity contribution in [3.8, 4) is 5.75 Å². The molecule has 27 heavy (non-hydrogen) atoms. The van der Waals surface area contributed by atoms with Gasteiger partial charge in [-0.15, -0.1) is 0 Å². The van der Waals surface area contributed by atoms with Gasteiger partial charge in [0.25, 0.3) is 0 Å². The van der Waals surface area contributed by atoms with E-state index in [1.54, 1.807) is 7.11 Å². The Kier molecular flexibility index (Phi) is 8.42. The van der Waals surface area contributed by atoms with Crippen LogP contribution in [-0.4, -0.2) is 43.0 Å². The van der Waals surface area contributed by atoms with Crippen LogP contribution in [0.2, 0.25) is 5.02 Å². The monoisotopic (exact) mass is 394 g/mol. The molecule has 1 saturated heterocycles. The first-order valence-electron chi connectivity index (χ1n) is 9.85. The van der Waals surface area contributed by atoms with E-state index >= 15 is 0 Å². The fraction of sp³-hybridized carbons (Fsp3) is 0.619. The number of hydrogen-bond acceptors (Lipinski definition) is 3. The number of amides is 2. The third-order valence-corrected chi connectivity index (χ3v) is 5.54. The fourth-order valence-corrected chi connectivity index (χ4v) is 3.74. The number of hydrogen-bond donors (Lipinski definition) is 1. The summed E-state index contributed by atoms with van der Waals surface area (Å²) in [5, 5.41) is 3.55. The van der Waals surface area contributed by atoms with Gasteiger partial charge in [0.15, 0.2) is 0 Å². The Morgan fingerprint density at radius 3 is 2.78 bits per heavy atom. The van der Waals surface area contributed by atoms with Crippen LogP contribution in [0.3, 0.4) is 0 Å². The summed E-state index contributed by atoms with van der Waals surface area (Å²) in [6.07, 6.45) is 4.79. The largest absolute Gasteiger partial charge is 0.495 e. The maximum absolute atomic E-state index is 12.8. The highest BCUT2D eigenvalue weighted by atomic mass is 35.5. The van der Waals surface area contributed by atoms with Crippen molar-refractivity contribution in [2.75, 3.05) is 20.2 Å². The lowest BCUT2D eigenvalue weighted by molar-refractivity contribution is -0.138. The molecule has 0 spiro atoms. The predicted molar refractivity (Wildman–Crippen MR) is 108 cm³/mol. The van der Waals surface area contributed by atoms with Gasteiger partial charge >= 0.3 is 0 Å². The number of nitrogens with one attached hydrogen (secondary N) is 1. The number of carbonyl (C=O) groups is 2. The Hall–Kier alpha value is -1.75. The van der Waals surface area contributed by atoms with Gasteiger partial charge in [-0.05, 0) is 50.3 Å². The van der Waals surface area contributed by atoms with Crippen molar-refractivity contribution in [1.82, 2.24) is 10.2 Å². The van der Waals surface area contributed by atoms with Gasteiger partial charge in [-0.1, -0.05) is 31.0 Å². The second-order valence-corrected chi connectivity index (χ2v) is 7.69. The summed E-state index contributed by atoms with van der Waals surface area (Å²) < 4.78 is 5.16. The molecule has 1 heterocycles. The lowest BCUT2D eigenvalue weighted by Crippen LogP contribution is -2.49. The number of carbonyl (C=O) groups excluding carboxylic acids is 2. The third kappa shape index (κ3) is 6.13. The number of halogens is 1. The molecule has 0 bridgehead atoms. The summed E-state index contributed by atoms with van der Waals surface area (Å²) in [5.41, 5.74) is 1.01. The summed E-state index contributed by atoms with van der Waals surface area (Å²) in [6.45, 7) is 5.40. The molecule has 0 aliphatic carbocycles. The summed E-state index contributed by atoms with van der Waals surface area (Å²) in [5.74, 6) is 0.710. The highest BCUT2D eigenvalue weighted by Crippen LogP contribution is 2.26. The number of benzene rings is 1. The Morgan fingerprint density at radius 2 is 2.11 bits per heavy atom. The predicted octanol–water partition coefficient (Wildman–Crippen LogP) is 3.82. The molecule has 1 N–H and O–H groups in total. The van der Waals surface area contributed by atoms with E-state index in [1.807, 2.05) is 23.1 Å². The average Bonchev–Trinajstić information content (AvgIpc) is 2.66. The molecule has 2 atom stereocenters. The van der Waals surface area contributed by atoms with Crippen LogP contribution >= 0.6 is 11.6 Å². The quantitative estimate of drug-likeness (QED) is 0.682. The van der Waals surface area contributed by atoms with Crippen molar-refractivity contribution in [2.24, 2.45) is 5.92 Å². The minimum Gasteiger partial charge on any atom is -0.495 e. The van der Waals surface area contributed by atoms with E-state index in [2.05, 4.69) is 19.2 Å². The van der Waals surface area contributed by atoms with Crippen LogP contribution in [0, 0.1) is 5.92 Å². The van der Waals surface area contributed by atoms with E-state index in [1.165, 1.54) is 0 Å². The first kappa shape index (κ1) is 21.5. The normalized spacial score (nSPS) is 19.6. The number of likely N-dealkylation sites (tertiary alicyclic amines) is 1. The molecule has 2 rings (SSSR count). The second kappa shape index (κ2) is 10.5. The van der Waals surface area contributed by atoms with E-state index in [0.29, 0.717) is 36.7 Å². The highest BCUT2D eigenvalue weighted by molar-refractivity contribution is 6.32. The van der Waals surface area contributed by atoms with E-state index in [0.717, 1.165) is 31.2 Å². The second-order valence-electron chi connectivity index (χ2n) is 7.28. The van der Waals surface area contributed by atoms with Gasteiger partial charge in [0, 0.05) is 25.6 Å². The summed E-state index contributed by atoms with van der Waals surface area (Å²) in [6, 6.07) is 5.78. The lowest BCUT2D eigenvalue weighted by Gasteiger charge is -2.37. The van der Waals surface area contributed by atoms with Crippen LogP contribution in [0.25, 0.3) is 0 Å². The number of methoxy groups -OCH3 is 1. The zero-order chi connectivity index (χ0) is 19.8. The molecule has 1 aromatic carbocycles. The van der Waals surface area contributed by atoms with E-state index < -0.39 is 0 Å². The third-order valence-electron chi connectivity index (χ3n) is 5.25. The van der Waals surface area contributed by atoms with E-state index in [4.69, 9.17) is 16.3 Å². The van der Waals surface area contributed by atoms with Gasteiger partial charge in [-0.2, -0.15) is 0 Å². The standard InChI is InChI=1S/C21H31ClN2O3/c1-4-5-12-23-21(26)17-9-6-15(2)24(14-17)20(25)11-8-16-7-10-19(27-3)18(22)13-16/h7,10,13,15,17H,4-6,8-9,11-12,14H2,1-3H3,(H,23,26). The van der Waals surface area contributed by atoms with Gasteiger partial charge in [0.1, 0.15) is 5.75 Å². The number of piperidine rings is 1. The molecule has 0 aromatic heterocycles. The minimum atomic E-state index is -0.0996. The molecule has 0 radical (unpaired) electrons. The minimum absolute atomic E-state index is 0.0788. The molecule has 0 saturated carbocycles. The molecule has 1 aliphatic heterocycles. The van der Waals surface area contributed by atoms with Crippen molar-refractivity contribution >= 4 is 23.4 Å². The fourth-order valence-electron chi connectivity index (χ4n) is 3.46. The molecule has 1 aliphatic rings. The summed E-state index contributed by atoms with van der Waals surface area (Å²) in [4.78, 5) is 27.0. The Bertz CT molecular complexity index is 650. The van der Waals surface area contributed by atoms with E-state index in [9.17, 15) is 9.59 Å². The Morgan fingerprint density at radius 1 is 1.33 bits per heavy atom. The van der Waals surface area contributed by atoms with Crippen molar-refractivity contribution < 1.29 is 14.3 Å². The molecule has 150 valence electrons. The smallest absolute Gasteiger partial charge is 0.224 e. The first-order valence-corrected chi connectivity index (χ1v) is 10.2. The van der Waals surface area contributed by atoms with Crippen LogP contribution < -0.4 is 10.1 Å². The van der Waals surface area contributed by atoms with Gasteiger partial charge in [-0.3, -0.25) is 9.59 Å². The molecule has 1 aromatic rings. The summed E-state index contributed by atoms with van der Waals surface area (Å²) in [7, 11) is 1.58. The number of rotatable bonds is 8. The molecule has 5 nitrogen and oxygen atoms in total. The molecule has 2 amide bonds. The van der Waals surface area contributed by atoms with Crippen LogP contribution in [-0.2, 0) is 16.0 Å². The topological polar surface area (TPSA) is 58.6 Å². The number of ether oxygens (including phenoxy) is 1. The average molecular weight is 395 g/mol. The number of unbranched alkanes of at least 4 members (excludes halogenated alkanes) is 1. The van der Waals surface area contributed by atoms with Gasteiger partial charge in [-0.25, -0.2) is 0 Å². The molecular weight excluding hydrogens is 364 g/mol. The maximum atomic E-state index is 12.8. The zero-order valence-electron chi connectivity index (χ0n) is 16.6. The Balaban J connectivity index is 1.89. The van der Waals surface area contributed by atoms with Crippen LogP contribution in [0.4, 0.5) is 0 Å². The van der Waals surface area contributed by atoms with Crippen LogP contribution in [0.15, 0.2) is 18.2 Å². The number of nitrogens with zero attached hydrogens (tertiary/aromatic N) is 1. The lowest BCUT2D eigenvalue weighted by atomic mass is 9.92. The van der Waals surface area contributed by atoms with Gasteiger partial charge in [0.05, 0.1) is 18.1 Å². The van der Waals surface area contributed by atoms with Crippen LogP contribution in [0.1, 0.15) is 51.5 Å². The van der Waals surface area contributed by atoms with Crippen molar-refractivity contribution in [3.05, 3.63) is 28.8 Å². The van der Waals surface area contributed by atoms with Gasteiger partial charge < -0.3 is 15.0 Å². The maximum Gasteiger partial charge on any atom is 0.224 e. The van der Waals surface area contributed by atoms with E-state index in [-0.39, 0.29) is 23.8 Å². The molecule has 2 unspecified atom stereocenters. The summed E-state index contributed by atoms with van der Waals surface area (Å²) >= 11 is 6.16. The number of aryl methyl sites for hydroxylation is 1. The zero-order valence-corrected chi connectivity index (χ0v) is 17.3. The first-order chi connectivity index (χ1) is 13.0. The SMILES string of the molecule is CCCCNC(=O)C1CCC(C)N(C(=O)CCc2ccc(OC)c(Cl)c2)C1. The van der Waals surface area contributed by atoms with Crippen molar-refractivity contribution in [1.29, 1.82) is 0 Å². The molecule has 6 heteroatoms. The van der Waals surface area contributed by atoms with Crippen molar-refractivity contribution in [2.45, 2.75) is 58.4 Å². The van der Waals surface area contributed by atoms with Crippen molar-refractivity contribution in [3.63, 3.8) is 0 Å². The molecular formula is C21H31ClN2O3. The van der Waals surface area contributed by atoms with Gasteiger partial charge in [0.2, 0.25) is 11.8 Å². The Labute approximate surface area is 167 Å². The highest BCUT2D eigenvalue weighted by Gasteiger charge is 2.32. The molecule has 1 fully saturated rings.